The summed E-state index contributed by atoms with van der Waals surface area (Å²) >= 11 is 0. The van der Waals surface area contributed by atoms with Gasteiger partial charge in [-0.25, -0.2) is 9.97 Å². The van der Waals surface area contributed by atoms with Crippen molar-refractivity contribution < 1.29 is 14.3 Å². The zero-order valence-electron chi connectivity index (χ0n) is 15.6. The smallest absolute Gasteiger partial charge is 0.254 e. The van der Waals surface area contributed by atoms with Gasteiger partial charge in [0, 0.05) is 32.7 Å². The molecule has 0 aliphatic carbocycles. The number of amides is 1. The number of para-hydroxylation sites is 3. The molecule has 1 aromatic heterocycles. The maximum atomic E-state index is 12.1. The molecular formula is C21H22N4O3. The molecule has 0 atom stereocenters. The molecule has 0 saturated carbocycles. The molecule has 0 saturated heterocycles. The summed E-state index contributed by atoms with van der Waals surface area (Å²) in [5.41, 5.74) is 1.12. The Morgan fingerprint density at radius 2 is 1.71 bits per heavy atom. The van der Waals surface area contributed by atoms with Crippen molar-refractivity contribution >= 4 is 17.5 Å². The standard InChI is InChI=1S/C21H22N4O3/c1-27-13-7-12-22-20(26)16-14-23-21(24-15-16)25-18-10-5-6-11-19(18)28-17-8-3-2-4-9-17/h2-6,8-11,14-15H,7,12-13H2,1H3,(H,22,26)(H,23,24,25). The molecule has 3 aromatic rings. The highest BCUT2D eigenvalue weighted by Gasteiger charge is 2.09. The van der Waals surface area contributed by atoms with E-state index >= 15 is 0 Å². The van der Waals surface area contributed by atoms with Gasteiger partial charge < -0.3 is 20.1 Å². The number of carbonyl (C=O) groups is 1. The molecule has 7 nitrogen and oxygen atoms in total. The Hall–Kier alpha value is -3.45. The number of methoxy groups -OCH3 is 1. The second kappa shape index (κ2) is 10.0. The predicted molar refractivity (Wildman–Crippen MR) is 107 cm³/mol. The highest BCUT2D eigenvalue weighted by molar-refractivity contribution is 5.93. The van der Waals surface area contributed by atoms with E-state index in [9.17, 15) is 4.79 Å². The van der Waals surface area contributed by atoms with Gasteiger partial charge in [0.2, 0.25) is 5.95 Å². The molecule has 28 heavy (non-hydrogen) atoms. The lowest BCUT2D eigenvalue weighted by molar-refractivity contribution is 0.0948. The van der Waals surface area contributed by atoms with Gasteiger partial charge in [-0.3, -0.25) is 4.79 Å². The molecule has 0 aliphatic rings. The second-order valence-corrected chi connectivity index (χ2v) is 5.93. The number of benzene rings is 2. The van der Waals surface area contributed by atoms with Gasteiger partial charge in [-0.05, 0) is 30.7 Å². The van der Waals surface area contributed by atoms with Crippen molar-refractivity contribution in [3.05, 3.63) is 72.6 Å². The molecular weight excluding hydrogens is 356 g/mol. The van der Waals surface area contributed by atoms with Gasteiger partial charge in [-0.2, -0.15) is 0 Å². The highest BCUT2D eigenvalue weighted by atomic mass is 16.5. The van der Waals surface area contributed by atoms with Crippen molar-refractivity contribution in [1.82, 2.24) is 15.3 Å². The molecule has 2 N–H and O–H groups in total. The first-order valence-corrected chi connectivity index (χ1v) is 8.94. The van der Waals surface area contributed by atoms with Crippen molar-refractivity contribution in [2.24, 2.45) is 0 Å². The topological polar surface area (TPSA) is 85.4 Å². The monoisotopic (exact) mass is 378 g/mol. The Balaban J connectivity index is 1.64. The van der Waals surface area contributed by atoms with Crippen molar-refractivity contribution in [3.8, 4) is 11.5 Å². The third-order valence-electron chi connectivity index (χ3n) is 3.83. The van der Waals surface area contributed by atoms with Crippen LogP contribution in [0.25, 0.3) is 0 Å². The van der Waals surface area contributed by atoms with Crippen LogP contribution in [0.2, 0.25) is 0 Å². The number of nitrogens with one attached hydrogen (secondary N) is 2. The minimum Gasteiger partial charge on any atom is -0.455 e. The molecule has 144 valence electrons. The summed E-state index contributed by atoms with van der Waals surface area (Å²) in [4.78, 5) is 20.5. The van der Waals surface area contributed by atoms with E-state index in [0.29, 0.717) is 30.4 Å². The van der Waals surface area contributed by atoms with Crippen LogP contribution >= 0.6 is 0 Å². The van der Waals surface area contributed by atoms with Crippen LogP contribution in [0.4, 0.5) is 11.6 Å². The lowest BCUT2D eigenvalue weighted by Gasteiger charge is -2.12. The maximum absolute atomic E-state index is 12.1. The number of hydrogen-bond acceptors (Lipinski definition) is 6. The average molecular weight is 378 g/mol. The molecule has 1 amide bonds. The third-order valence-corrected chi connectivity index (χ3v) is 3.83. The lowest BCUT2D eigenvalue weighted by atomic mass is 10.3. The molecule has 0 unspecified atom stereocenters. The number of ether oxygens (including phenoxy) is 2. The highest BCUT2D eigenvalue weighted by Crippen LogP contribution is 2.30. The Bertz CT molecular complexity index is 886. The first kappa shape index (κ1) is 19.3. The van der Waals surface area contributed by atoms with Crippen LogP contribution in [-0.2, 0) is 4.74 Å². The van der Waals surface area contributed by atoms with E-state index in [1.807, 2.05) is 54.6 Å². The summed E-state index contributed by atoms with van der Waals surface area (Å²) in [5, 5.41) is 5.92. The normalized spacial score (nSPS) is 10.3. The summed E-state index contributed by atoms with van der Waals surface area (Å²) in [6, 6.07) is 17.0. The fraction of sp³-hybridized carbons (Fsp3) is 0.190. The van der Waals surface area contributed by atoms with Crippen LogP contribution in [0.5, 0.6) is 11.5 Å². The van der Waals surface area contributed by atoms with Crippen LogP contribution in [0.1, 0.15) is 16.8 Å². The summed E-state index contributed by atoms with van der Waals surface area (Å²) in [6.07, 6.45) is 3.73. The van der Waals surface area contributed by atoms with E-state index in [2.05, 4.69) is 20.6 Å². The molecule has 1 heterocycles. The zero-order chi connectivity index (χ0) is 19.6. The van der Waals surface area contributed by atoms with Crippen molar-refractivity contribution in [2.75, 3.05) is 25.6 Å². The van der Waals surface area contributed by atoms with Crippen LogP contribution in [0, 0.1) is 0 Å². The van der Waals surface area contributed by atoms with E-state index in [1.165, 1.54) is 12.4 Å². The van der Waals surface area contributed by atoms with Crippen LogP contribution < -0.4 is 15.4 Å². The third kappa shape index (κ3) is 5.52. The molecule has 0 radical (unpaired) electrons. The van der Waals surface area contributed by atoms with Gasteiger partial charge in [0.25, 0.3) is 5.91 Å². The Morgan fingerprint density at radius 3 is 2.46 bits per heavy atom. The number of hydrogen-bond donors (Lipinski definition) is 2. The maximum Gasteiger partial charge on any atom is 0.254 e. The van der Waals surface area contributed by atoms with Gasteiger partial charge in [-0.15, -0.1) is 0 Å². The molecule has 0 fully saturated rings. The van der Waals surface area contributed by atoms with E-state index in [0.717, 1.165) is 17.9 Å². The molecule has 3 rings (SSSR count). The Labute approximate surface area is 163 Å². The van der Waals surface area contributed by atoms with Crippen molar-refractivity contribution in [3.63, 3.8) is 0 Å². The summed E-state index contributed by atoms with van der Waals surface area (Å²) in [5.74, 6) is 1.55. The Kier molecular flexibility index (Phi) is 6.92. The SMILES string of the molecule is COCCCNC(=O)c1cnc(Nc2ccccc2Oc2ccccc2)nc1. The molecule has 7 heteroatoms. The fourth-order valence-corrected chi connectivity index (χ4v) is 2.43. The Morgan fingerprint density at radius 1 is 1.00 bits per heavy atom. The van der Waals surface area contributed by atoms with Crippen LogP contribution in [-0.4, -0.2) is 36.1 Å². The molecule has 2 aromatic carbocycles. The molecule has 0 aliphatic heterocycles. The second-order valence-electron chi connectivity index (χ2n) is 5.93. The minimum absolute atomic E-state index is 0.213. The number of nitrogens with zero attached hydrogens (tertiary/aromatic N) is 2. The summed E-state index contributed by atoms with van der Waals surface area (Å²) in [6.45, 7) is 1.14. The van der Waals surface area contributed by atoms with Crippen LogP contribution in [0.3, 0.4) is 0 Å². The number of aromatic nitrogens is 2. The van der Waals surface area contributed by atoms with E-state index in [1.54, 1.807) is 7.11 Å². The van der Waals surface area contributed by atoms with E-state index in [4.69, 9.17) is 9.47 Å². The van der Waals surface area contributed by atoms with E-state index < -0.39 is 0 Å². The summed E-state index contributed by atoms with van der Waals surface area (Å²) < 4.78 is 10.9. The van der Waals surface area contributed by atoms with Crippen LogP contribution in [0.15, 0.2) is 67.0 Å². The van der Waals surface area contributed by atoms with Gasteiger partial charge >= 0.3 is 0 Å². The molecule has 0 spiro atoms. The minimum atomic E-state index is -0.213. The van der Waals surface area contributed by atoms with E-state index in [-0.39, 0.29) is 5.91 Å². The zero-order valence-corrected chi connectivity index (χ0v) is 15.6. The average Bonchev–Trinajstić information content (AvgIpc) is 2.74. The quantitative estimate of drug-likeness (QED) is 0.551. The van der Waals surface area contributed by atoms with Crippen molar-refractivity contribution in [1.29, 1.82) is 0 Å². The fourth-order valence-electron chi connectivity index (χ4n) is 2.43. The van der Waals surface area contributed by atoms with Gasteiger partial charge in [-0.1, -0.05) is 30.3 Å². The largest absolute Gasteiger partial charge is 0.455 e. The van der Waals surface area contributed by atoms with Gasteiger partial charge in [0.05, 0.1) is 11.3 Å². The van der Waals surface area contributed by atoms with Gasteiger partial charge in [0.1, 0.15) is 5.75 Å². The first-order chi connectivity index (χ1) is 13.8. The molecule has 0 bridgehead atoms. The number of carbonyl (C=O) groups excluding carboxylic acids is 1. The predicted octanol–water partition coefficient (Wildman–Crippen LogP) is 3.78. The first-order valence-electron chi connectivity index (χ1n) is 8.94. The number of rotatable bonds is 9. The van der Waals surface area contributed by atoms with Crippen molar-refractivity contribution in [2.45, 2.75) is 6.42 Å². The lowest BCUT2D eigenvalue weighted by Crippen LogP contribution is -2.25. The van der Waals surface area contributed by atoms with Gasteiger partial charge in [0.15, 0.2) is 5.75 Å². The number of anilines is 2. The summed E-state index contributed by atoms with van der Waals surface area (Å²) in [7, 11) is 1.63.